The Bertz CT molecular complexity index is 747. The number of nitrogens with one attached hydrogen (secondary N) is 1. The molecule has 8 heteroatoms. The normalized spacial score (nSPS) is 19.9. The third kappa shape index (κ3) is 6.35. The van der Waals surface area contributed by atoms with E-state index in [1.54, 1.807) is 0 Å². The van der Waals surface area contributed by atoms with Crippen LogP contribution in [0.25, 0.3) is 0 Å². The molecule has 8 nitrogen and oxygen atoms in total. The van der Waals surface area contributed by atoms with E-state index in [2.05, 4.69) is 32.2 Å². The summed E-state index contributed by atoms with van der Waals surface area (Å²) >= 11 is 0. The van der Waals surface area contributed by atoms with E-state index in [9.17, 15) is 9.59 Å². The van der Waals surface area contributed by atoms with Gasteiger partial charge < -0.3 is 24.8 Å². The van der Waals surface area contributed by atoms with Crippen molar-refractivity contribution in [2.24, 2.45) is 10.9 Å². The van der Waals surface area contributed by atoms with Crippen LogP contribution in [-0.2, 0) is 14.3 Å². The van der Waals surface area contributed by atoms with Gasteiger partial charge in [0.2, 0.25) is 5.91 Å². The van der Waals surface area contributed by atoms with Gasteiger partial charge in [0.25, 0.3) is 0 Å². The molecule has 2 fully saturated rings. The number of hydrogen-bond acceptors (Lipinski definition) is 5. The lowest BCUT2D eigenvalue weighted by atomic mass is 9.98. The van der Waals surface area contributed by atoms with Gasteiger partial charge in [-0.1, -0.05) is 18.2 Å². The summed E-state index contributed by atoms with van der Waals surface area (Å²) in [6, 6.07) is 10.3. The van der Waals surface area contributed by atoms with Gasteiger partial charge in [0, 0.05) is 51.5 Å². The molecule has 1 amide bonds. The van der Waals surface area contributed by atoms with Gasteiger partial charge in [-0.3, -0.25) is 9.59 Å². The molecule has 1 N–H and O–H groups in total. The average Bonchev–Trinajstić information content (AvgIpc) is 2.82. The number of piperidine rings is 1. The maximum absolute atomic E-state index is 12.8. The Labute approximate surface area is 185 Å². The number of amides is 1. The summed E-state index contributed by atoms with van der Waals surface area (Å²) in [7, 11) is 0. The molecule has 0 bridgehead atoms. The molecule has 2 aliphatic heterocycles. The van der Waals surface area contributed by atoms with E-state index in [0.717, 1.165) is 32.5 Å². The minimum atomic E-state index is -0.143. The number of carbonyl (C=O) groups is 2. The molecular weight excluding hydrogens is 394 g/mol. The third-order valence-corrected chi connectivity index (χ3v) is 5.79. The number of benzene rings is 1. The highest BCUT2D eigenvalue weighted by atomic mass is 16.5. The van der Waals surface area contributed by atoms with Crippen molar-refractivity contribution in [3.63, 3.8) is 0 Å². The number of para-hydroxylation sites is 1. The molecule has 1 aromatic rings. The summed E-state index contributed by atoms with van der Waals surface area (Å²) in [4.78, 5) is 35.8. The number of aliphatic imine (C=N–C) groups is 1. The number of carbonyl (C=O) groups excluding carboxylic acids is 2. The number of guanidine groups is 1. The highest BCUT2D eigenvalue weighted by Crippen LogP contribution is 2.18. The van der Waals surface area contributed by atoms with E-state index < -0.39 is 0 Å². The number of anilines is 1. The summed E-state index contributed by atoms with van der Waals surface area (Å²) < 4.78 is 5.20. The van der Waals surface area contributed by atoms with Gasteiger partial charge in [0.1, 0.15) is 6.54 Å². The second-order valence-corrected chi connectivity index (χ2v) is 7.91. The molecule has 1 atom stereocenters. The number of esters is 1. The summed E-state index contributed by atoms with van der Waals surface area (Å²) in [6.45, 7) is 9.53. The lowest BCUT2D eigenvalue weighted by Gasteiger charge is -2.36. The average molecular weight is 430 g/mol. The zero-order chi connectivity index (χ0) is 22.1. The third-order valence-electron chi connectivity index (χ3n) is 5.79. The maximum atomic E-state index is 12.8. The van der Waals surface area contributed by atoms with Gasteiger partial charge in [-0.25, -0.2) is 4.99 Å². The number of ether oxygens (including phenoxy) is 1. The molecule has 1 unspecified atom stereocenters. The quantitative estimate of drug-likeness (QED) is 0.420. The van der Waals surface area contributed by atoms with Gasteiger partial charge in [-0.05, 0) is 38.8 Å². The van der Waals surface area contributed by atoms with Crippen LogP contribution in [0.4, 0.5) is 5.69 Å². The Morgan fingerprint density at radius 3 is 2.48 bits per heavy atom. The zero-order valence-electron chi connectivity index (χ0n) is 18.8. The fourth-order valence-electron chi connectivity index (χ4n) is 4.14. The largest absolute Gasteiger partial charge is 0.466 e. The van der Waals surface area contributed by atoms with Crippen LogP contribution in [0, 0.1) is 5.92 Å². The topological polar surface area (TPSA) is 77.5 Å². The first kappa shape index (κ1) is 22.9. The molecule has 0 saturated carbocycles. The van der Waals surface area contributed by atoms with E-state index in [4.69, 9.17) is 4.74 Å². The van der Waals surface area contributed by atoms with E-state index in [1.165, 1.54) is 5.69 Å². The van der Waals surface area contributed by atoms with Crippen LogP contribution in [0.15, 0.2) is 35.3 Å². The summed E-state index contributed by atoms with van der Waals surface area (Å²) in [5.41, 5.74) is 1.20. The van der Waals surface area contributed by atoms with Crippen molar-refractivity contribution >= 4 is 23.5 Å². The fourth-order valence-corrected chi connectivity index (χ4v) is 4.14. The molecule has 31 heavy (non-hydrogen) atoms. The summed E-state index contributed by atoms with van der Waals surface area (Å²) in [5.74, 6) is 0.463. The van der Waals surface area contributed by atoms with E-state index in [-0.39, 0.29) is 24.3 Å². The van der Waals surface area contributed by atoms with Crippen LogP contribution >= 0.6 is 0 Å². The second kappa shape index (κ2) is 11.6. The first-order valence-corrected chi connectivity index (χ1v) is 11.4. The lowest BCUT2D eigenvalue weighted by Crippen LogP contribution is -2.50. The molecule has 0 aliphatic carbocycles. The molecule has 0 aromatic heterocycles. The smallest absolute Gasteiger partial charge is 0.310 e. The predicted octanol–water partition coefficient (Wildman–Crippen LogP) is 1.58. The first-order chi connectivity index (χ1) is 15.1. The molecule has 0 radical (unpaired) electrons. The lowest BCUT2D eigenvalue weighted by molar-refractivity contribution is -0.149. The monoisotopic (exact) mass is 429 g/mol. The highest BCUT2D eigenvalue weighted by molar-refractivity contribution is 5.85. The number of likely N-dealkylation sites (tertiary alicyclic amines) is 1. The van der Waals surface area contributed by atoms with Crippen LogP contribution in [0.1, 0.15) is 26.7 Å². The van der Waals surface area contributed by atoms with Crippen molar-refractivity contribution in [1.82, 2.24) is 15.1 Å². The van der Waals surface area contributed by atoms with Crippen LogP contribution in [0.2, 0.25) is 0 Å². The van der Waals surface area contributed by atoms with Crippen molar-refractivity contribution in [1.29, 1.82) is 0 Å². The van der Waals surface area contributed by atoms with Gasteiger partial charge >= 0.3 is 5.97 Å². The fraction of sp³-hybridized carbons (Fsp3) is 0.609. The molecule has 2 aliphatic rings. The molecule has 3 rings (SSSR count). The Morgan fingerprint density at radius 2 is 1.81 bits per heavy atom. The van der Waals surface area contributed by atoms with Gasteiger partial charge in [0.15, 0.2) is 5.96 Å². The number of hydrogen-bond donors (Lipinski definition) is 1. The maximum Gasteiger partial charge on any atom is 0.310 e. The van der Waals surface area contributed by atoms with Gasteiger partial charge in [-0.2, -0.15) is 0 Å². The van der Waals surface area contributed by atoms with Crippen molar-refractivity contribution < 1.29 is 14.3 Å². The number of rotatable bonds is 6. The van der Waals surface area contributed by atoms with Crippen molar-refractivity contribution in [3.8, 4) is 0 Å². The SMILES string of the molecule is CCNC(=NCC(=O)N1CCN(c2ccccc2)CC1)N1CCCC(C(=O)OCC)C1. The van der Waals surface area contributed by atoms with Crippen LogP contribution in [0.3, 0.4) is 0 Å². The van der Waals surface area contributed by atoms with E-state index >= 15 is 0 Å². The highest BCUT2D eigenvalue weighted by Gasteiger charge is 2.29. The minimum Gasteiger partial charge on any atom is -0.466 e. The predicted molar refractivity (Wildman–Crippen MR) is 122 cm³/mol. The van der Waals surface area contributed by atoms with Crippen LogP contribution in [-0.4, -0.2) is 86.6 Å². The van der Waals surface area contributed by atoms with Gasteiger partial charge in [-0.15, -0.1) is 0 Å². The molecule has 0 spiro atoms. The van der Waals surface area contributed by atoms with E-state index in [0.29, 0.717) is 38.7 Å². The standard InChI is InChI=1S/C23H35N5O3/c1-3-24-23(28-12-8-9-19(18-28)22(30)31-4-2)25-17-21(29)27-15-13-26(14-16-27)20-10-6-5-7-11-20/h5-7,10-11,19H,3-4,8-9,12-18H2,1-2H3,(H,24,25). The van der Waals surface area contributed by atoms with Crippen LogP contribution < -0.4 is 10.2 Å². The van der Waals surface area contributed by atoms with Crippen molar-refractivity contribution in [3.05, 3.63) is 30.3 Å². The Hall–Kier alpha value is -2.77. The Morgan fingerprint density at radius 1 is 1.06 bits per heavy atom. The first-order valence-electron chi connectivity index (χ1n) is 11.4. The van der Waals surface area contributed by atoms with E-state index in [1.807, 2.05) is 36.9 Å². The Balaban J connectivity index is 1.54. The number of piperazine rings is 1. The molecule has 2 heterocycles. The Kier molecular flexibility index (Phi) is 8.55. The van der Waals surface area contributed by atoms with Crippen molar-refractivity contribution in [2.75, 3.05) is 63.9 Å². The van der Waals surface area contributed by atoms with Crippen molar-refractivity contribution in [2.45, 2.75) is 26.7 Å². The summed E-state index contributed by atoms with van der Waals surface area (Å²) in [5, 5.41) is 3.28. The van der Waals surface area contributed by atoms with Gasteiger partial charge in [0.05, 0.1) is 12.5 Å². The summed E-state index contributed by atoms with van der Waals surface area (Å²) in [6.07, 6.45) is 1.74. The number of nitrogens with zero attached hydrogens (tertiary/aromatic N) is 4. The van der Waals surface area contributed by atoms with Crippen LogP contribution in [0.5, 0.6) is 0 Å². The molecular formula is C23H35N5O3. The molecule has 1 aromatic carbocycles. The second-order valence-electron chi connectivity index (χ2n) is 7.91. The zero-order valence-corrected chi connectivity index (χ0v) is 18.8. The molecule has 2 saturated heterocycles. The molecule has 170 valence electrons. The minimum absolute atomic E-state index is 0.0436.